The first kappa shape index (κ1) is 15.5. The third-order valence-electron chi connectivity index (χ3n) is 3.42. The van der Waals surface area contributed by atoms with Crippen molar-refractivity contribution in [3.8, 4) is 0 Å². The Hall–Kier alpha value is -1.87. The molecule has 2 aromatic carbocycles. The van der Waals surface area contributed by atoms with E-state index in [0.717, 1.165) is 5.69 Å². The van der Waals surface area contributed by atoms with Crippen molar-refractivity contribution in [2.24, 2.45) is 5.92 Å². The van der Waals surface area contributed by atoms with Crippen molar-refractivity contribution in [2.75, 3.05) is 5.32 Å². The van der Waals surface area contributed by atoms with Gasteiger partial charge in [-0.1, -0.05) is 61.9 Å². The molecular weight excluding hydrogens is 276 g/mol. The third kappa shape index (κ3) is 4.57. The summed E-state index contributed by atoms with van der Waals surface area (Å²) in [6.07, 6.45) is 0. The SMILES string of the molecule is Cc1ccc(NC(=S)N[C@@H](c2ccccc2)C(C)C)cc1. The van der Waals surface area contributed by atoms with Crippen molar-refractivity contribution in [2.45, 2.75) is 26.8 Å². The molecule has 0 bridgehead atoms. The quantitative estimate of drug-likeness (QED) is 0.802. The highest BCUT2D eigenvalue weighted by atomic mass is 32.1. The number of thiocarbonyl (C=S) groups is 1. The van der Waals surface area contributed by atoms with Crippen molar-refractivity contribution in [3.63, 3.8) is 0 Å². The molecule has 3 heteroatoms. The number of benzene rings is 2. The van der Waals surface area contributed by atoms with Crippen LogP contribution in [0.3, 0.4) is 0 Å². The summed E-state index contributed by atoms with van der Waals surface area (Å²) in [4.78, 5) is 0. The van der Waals surface area contributed by atoms with Gasteiger partial charge in [-0.2, -0.15) is 0 Å². The summed E-state index contributed by atoms with van der Waals surface area (Å²) in [5.41, 5.74) is 3.50. The molecule has 0 heterocycles. The summed E-state index contributed by atoms with van der Waals surface area (Å²) >= 11 is 5.44. The molecule has 0 aliphatic carbocycles. The zero-order valence-corrected chi connectivity index (χ0v) is 13.6. The zero-order valence-electron chi connectivity index (χ0n) is 12.8. The molecule has 0 spiro atoms. The molecule has 0 fully saturated rings. The normalized spacial score (nSPS) is 12.0. The second-order valence-electron chi connectivity index (χ2n) is 5.60. The van der Waals surface area contributed by atoms with E-state index in [1.165, 1.54) is 11.1 Å². The minimum absolute atomic E-state index is 0.205. The van der Waals surface area contributed by atoms with E-state index in [2.05, 4.69) is 67.8 Å². The van der Waals surface area contributed by atoms with Crippen molar-refractivity contribution < 1.29 is 0 Å². The average Bonchev–Trinajstić information content (AvgIpc) is 2.48. The molecule has 0 aliphatic heterocycles. The molecule has 0 saturated carbocycles. The molecule has 2 nitrogen and oxygen atoms in total. The van der Waals surface area contributed by atoms with Crippen molar-refractivity contribution in [3.05, 3.63) is 65.7 Å². The smallest absolute Gasteiger partial charge is 0.171 e. The maximum Gasteiger partial charge on any atom is 0.171 e. The molecule has 110 valence electrons. The topological polar surface area (TPSA) is 24.1 Å². The fourth-order valence-corrected chi connectivity index (χ4v) is 2.49. The van der Waals surface area contributed by atoms with Crippen LogP contribution in [0.5, 0.6) is 0 Å². The Kier molecular flexibility index (Phi) is 5.34. The Bertz CT molecular complexity index is 576. The highest BCUT2D eigenvalue weighted by Gasteiger charge is 2.16. The Morgan fingerprint density at radius 1 is 0.952 bits per heavy atom. The van der Waals surface area contributed by atoms with Gasteiger partial charge < -0.3 is 10.6 Å². The van der Waals surface area contributed by atoms with Gasteiger partial charge in [0.2, 0.25) is 0 Å². The summed E-state index contributed by atoms with van der Waals surface area (Å²) in [6.45, 7) is 6.46. The average molecular weight is 298 g/mol. The van der Waals surface area contributed by atoms with Gasteiger partial charge in [0.15, 0.2) is 5.11 Å². The van der Waals surface area contributed by atoms with E-state index >= 15 is 0 Å². The van der Waals surface area contributed by atoms with E-state index in [9.17, 15) is 0 Å². The van der Waals surface area contributed by atoms with E-state index in [4.69, 9.17) is 12.2 Å². The predicted octanol–water partition coefficient (Wildman–Crippen LogP) is 4.68. The fraction of sp³-hybridized carbons (Fsp3) is 0.278. The Balaban J connectivity index is 2.03. The molecule has 2 rings (SSSR count). The lowest BCUT2D eigenvalue weighted by molar-refractivity contribution is 0.473. The zero-order chi connectivity index (χ0) is 15.2. The first-order valence-electron chi connectivity index (χ1n) is 7.25. The summed E-state index contributed by atoms with van der Waals surface area (Å²) < 4.78 is 0. The van der Waals surface area contributed by atoms with Gasteiger partial charge in [0.1, 0.15) is 0 Å². The molecular formula is C18H22N2S. The van der Waals surface area contributed by atoms with E-state index in [1.807, 2.05) is 18.2 Å². The summed E-state index contributed by atoms with van der Waals surface area (Å²) in [5, 5.41) is 7.31. The van der Waals surface area contributed by atoms with Crippen LogP contribution in [0.1, 0.15) is 31.0 Å². The van der Waals surface area contributed by atoms with Gasteiger partial charge in [-0.25, -0.2) is 0 Å². The van der Waals surface area contributed by atoms with Crippen LogP contribution in [0.2, 0.25) is 0 Å². The minimum atomic E-state index is 0.205. The lowest BCUT2D eigenvalue weighted by Gasteiger charge is -2.24. The lowest BCUT2D eigenvalue weighted by Crippen LogP contribution is -2.34. The highest BCUT2D eigenvalue weighted by molar-refractivity contribution is 7.80. The monoisotopic (exact) mass is 298 g/mol. The number of nitrogens with one attached hydrogen (secondary N) is 2. The van der Waals surface area contributed by atoms with E-state index in [0.29, 0.717) is 11.0 Å². The van der Waals surface area contributed by atoms with Crippen LogP contribution in [0, 0.1) is 12.8 Å². The standard InChI is InChI=1S/C18H22N2S/c1-13(2)17(15-7-5-4-6-8-15)20-18(21)19-16-11-9-14(3)10-12-16/h4-13,17H,1-3H3,(H2,19,20,21)/t17-/m1/s1. The van der Waals surface area contributed by atoms with Gasteiger partial charge in [-0.05, 0) is 42.8 Å². The van der Waals surface area contributed by atoms with Crippen LogP contribution in [0.25, 0.3) is 0 Å². The molecule has 2 aromatic rings. The number of rotatable bonds is 4. The summed E-state index contributed by atoms with van der Waals surface area (Å²) in [7, 11) is 0. The molecule has 0 amide bonds. The number of anilines is 1. The minimum Gasteiger partial charge on any atom is -0.355 e. The van der Waals surface area contributed by atoms with Gasteiger partial charge >= 0.3 is 0 Å². The lowest BCUT2D eigenvalue weighted by atomic mass is 9.96. The van der Waals surface area contributed by atoms with Crippen LogP contribution >= 0.6 is 12.2 Å². The predicted molar refractivity (Wildman–Crippen MR) is 94.6 cm³/mol. The Morgan fingerprint density at radius 3 is 2.14 bits per heavy atom. The molecule has 0 unspecified atom stereocenters. The molecule has 2 N–H and O–H groups in total. The van der Waals surface area contributed by atoms with Crippen LogP contribution in [0.15, 0.2) is 54.6 Å². The van der Waals surface area contributed by atoms with E-state index in [1.54, 1.807) is 0 Å². The molecule has 0 saturated heterocycles. The second kappa shape index (κ2) is 7.23. The summed E-state index contributed by atoms with van der Waals surface area (Å²) in [6, 6.07) is 18.8. The van der Waals surface area contributed by atoms with Crippen molar-refractivity contribution in [1.82, 2.24) is 5.32 Å². The van der Waals surface area contributed by atoms with Gasteiger partial charge in [0.05, 0.1) is 6.04 Å². The highest BCUT2D eigenvalue weighted by Crippen LogP contribution is 2.21. The first-order chi connectivity index (χ1) is 10.1. The van der Waals surface area contributed by atoms with Gasteiger partial charge in [-0.3, -0.25) is 0 Å². The third-order valence-corrected chi connectivity index (χ3v) is 3.64. The maximum atomic E-state index is 5.44. The fourth-order valence-electron chi connectivity index (χ4n) is 2.24. The van der Waals surface area contributed by atoms with E-state index < -0.39 is 0 Å². The molecule has 0 radical (unpaired) electrons. The maximum absolute atomic E-state index is 5.44. The van der Waals surface area contributed by atoms with Crippen molar-refractivity contribution in [1.29, 1.82) is 0 Å². The first-order valence-corrected chi connectivity index (χ1v) is 7.66. The molecule has 0 aliphatic rings. The Labute approximate surface area is 132 Å². The Morgan fingerprint density at radius 2 is 1.57 bits per heavy atom. The number of hydrogen-bond donors (Lipinski definition) is 2. The van der Waals surface area contributed by atoms with Crippen LogP contribution < -0.4 is 10.6 Å². The van der Waals surface area contributed by atoms with Gasteiger partial charge in [-0.15, -0.1) is 0 Å². The number of aryl methyl sites for hydroxylation is 1. The van der Waals surface area contributed by atoms with Crippen LogP contribution in [-0.4, -0.2) is 5.11 Å². The number of hydrogen-bond acceptors (Lipinski definition) is 1. The molecule has 1 atom stereocenters. The van der Waals surface area contributed by atoms with Gasteiger partial charge in [0.25, 0.3) is 0 Å². The van der Waals surface area contributed by atoms with Gasteiger partial charge in [0, 0.05) is 5.69 Å². The molecule has 0 aromatic heterocycles. The van der Waals surface area contributed by atoms with Crippen LogP contribution in [-0.2, 0) is 0 Å². The van der Waals surface area contributed by atoms with Crippen LogP contribution in [0.4, 0.5) is 5.69 Å². The molecule has 21 heavy (non-hydrogen) atoms. The second-order valence-corrected chi connectivity index (χ2v) is 6.01. The van der Waals surface area contributed by atoms with Crippen molar-refractivity contribution >= 4 is 23.0 Å². The summed E-state index contributed by atoms with van der Waals surface area (Å²) in [5.74, 6) is 0.449. The largest absolute Gasteiger partial charge is 0.355 e. The van der Waals surface area contributed by atoms with E-state index in [-0.39, 0.29) is 6.04 Å².